The van der Waals surface area contributed by atoms with Crippen LogP contribution in [0.1, 0.15) is 43.1 Å². The van der Waals surface area contributed by atoms with E-state index in [9.17, 15) is 4.79 Å². The van der Waals surface area contributed by atoms with Crippen LogP contribution in [0.2, 0.25) is 0 Å². The number of rotatable bonds is 5. The van der Waals surface area contributed by atoms with Crippen LogP contribution in [-0.4, -0.2) is 19.7 Å². The van der Waals surface area contributed by atoms with Crippen LogP contribution in [0, 0.1) is 5.41 Å². The maximum atomic E-state index is 11.9. The summed E-state index contributed by atoms with van der Waals surface area (Å²) in [7, 11) is 1.61. The van der Waals surface area contributed by atoms with Gasteiger partial charge in [-0.15, -0.1) is 0 Å². The molecule has 18 heavy (non-hydrogen) atoms. The number of hydrogen-bond donors (Lipinski definition) is 0. The first-order valence-corrected chi connectivity index (χ1v) is 6.18. The normalized spacial score (nSPS) is 11.3. The number of ether oxygens (including phenoxy) is 2. The minimum absolute atomic E-state index is 0.173. The van der Waals surface area contributed by atoms with E-state index in [1.165, 1.54) is 0 Å². The predicted octanol–water partition coefficient (Wildman–Crippen LogP) is 3.43. The van der Waals surface area contributed by atoms with Crippen molar-refractivity contribution in [2.24, 2.45) is 5.41 Å². The molecule has 1 rings (SSSR count). The Hall–Kier alpha value is -1.35. The van der Waals surface area contributed by atoms with E-state index in [1.54, 1.807) is 13.2 Å². The van der Waals surface area contributed by atoms with Crippen molar-refractivity contribution in [2.75, 3.05) is 13.7 Å². The Labute approximate surface area is 109 Å². The third-order valence-electron chi connectivity index (χ3n) is 2.62. The smallest absolute Gasteiger partial charge is 0.338 e. The summed E-state index contributed by atoms with van der Waals surface area (Å²) in [6, 6.07) is 7.37. The van der Waals surface area contributed by atoms with Gasteiger partial charge in [0, 0.05) is 7.11 Å². The van der Waals surface area contributed by atoms with Crippen LogP contribution in [0.15, 0.2) is 24.3 Å². The van der Waals surface area contributed by atoms with Crippen molar-refractivity contribution >= 4 is 5.97 Å². The van der Waals surface area contributed by atoms with Crippen molar-refractivity contribution in [3.63, 3.8) is 0 Å². The van der Waals surface area contributed by atoms with Gasteiger partial charge in [0.15, 0.2) is 0 Å². The number of methoxy groups -OCH3 is 1. The van der Waals surface area contributed by atoms with Gasteiger partial charge in [-0.05, 0) is 23.5 Å². The van der Waals surface area contributed by atoms with Crippen LogP contribution in [0.3, 0.4) is 0 Å². The summed E-state index contributed by atoms with van der Waals surface area (Å²) in [5.74, 6) is -0.271. The van der Waals surface area contributed by atoms with Crippen LogP contribution in [0.5, 0.6) is 0 Å². The second kappa shape index (κ2) is 6.55. The quantitative estimate of drug-likeness (QED) is 0.751. The summed E-state index contributed by atoms with van der Waals surface area (Å²) >= 11 is 0. The second-order valence-electron chi connectivity index (χ2n) is 5.54. The van der Waals surface area contributed by atoms with Gasteiger partial charge in [-0.3, -0.25) is 0 Å². The van der Waals surface area contributed by atoms with Crippen molar-refractivity contribution in [1.82, 2.24) is 0 Å². The molecular formula is C15H22O3. The fourth-order valence-electron chi connectivity index (χ4n) is 1.53. The van der Waals surface area contributed by atoms with E-state index in [2.05, 4.69) is 20.8 Å². The molecular weight excluding hydrogens is 228 g/mol. The molecule has 3 heteroatoms. The van der Waals surface area contributed by atoms with Gasteiger partial charge in [0.2, 0.25) is 0 Å². The van der Waals surface area contributed by atoms with Crippen LogP contribution in [0.4, 0.5) is 0 Å². The van der Waals surface area contributed by atoms with Crippen molar-refractivity contribution in [2.45, 2.75) is 33.8 Å². The number of carbonyl (C=O) groups is 1. The molecule has 0 radical (unpaired) electrons. The minimum atomic E-state index is -0.271. The van der Waals surface area contributed by atoms with Crippen LogP contribution >= 0.6 is 0 Å². The SMILES string of the molecule is COCc1ccccc1C(=O)OCCC(C)(C)C. The van der Waals surface area contributed by atoms with E-state index >= 15 is 0 Å². The molecule has 1 aromatic rings. The summed E-state index contributed by atoms with van der Waals surface area (Å²) in [6.45, 7) is 7.24. The average molecular weight is 250 g/mol. The van der Waals surface area contributed by atoms with E-state index in [0.717, 1.165) is 12.0 Å². The summed E-state index contributed by atoms with van der Waals surface area (Å²) in [5.41, 5.74) is 1.63. The average Bonchev–Trinajstić information content (AvgIpc) is 2.28. The van der Waals surface area contributed by atoms with Gasteiger partial charge in [0.05, 0.1) is 18.8 Å². The molecule has 1 aromatic carbocycles. The van der Waals surface area contributed by atoms with E-state index in [4.69, 9.17) is 9.47 Å². The van der Waals surface area contributed by atoms with E-state index in [1.807, 2.05) is 18.2 Å². The Morgan fingerprint density at radius 3 is 2.50 bits per heavy atom. The molecule has 0 aliphatic heterocycles. The molecule has 0 spiro atoms. The molecule has 0 saturated heterocycles. The zero-order valence-corrected chi connectivity index (χ0v) is 11.7. The Morgan fingerprint density at radius 1 is 1.22 bits per heavy atom. The molecule has 0 aromatic heterocycles. The highest BCUT2D eigenvalue weighted by Crippen LogP contribution is 2.19. The molecule has 0 aliphatic rings. The lowest BCUT2D eigenvalue weighted by atomic mass is 9.93. The van der Waals surface area contributed by atoms with Gasteiger partial charge in [0.1, 0.15) is 0 Å². The summed E-state index contributed by atoms with van der Waals surface area (Å²) < 4.78 is 10.4. The molecule has 0 saturated carbocycles. The molecule has 0 aliphatic carbocycles. The first kappa shape index (κ1) is 14.7. The lowest BCUT2D eigenvalue weighted by molar-refractivity contribution is 0.0460. The van der Waals surface area contributed by atoms with Gasteiger partial charge in [0.25, 0.3) is 0 Å². The lowest BCUT2D eigenvalue weighted by Gasteiger charge is -2.17. The standard InChI is InChI=1S/C15H22O3/c1-15(2,3)9-10-18-14(16)13-8-6-5-7-12(13)11-17-4/h5-8H,9-11H2,1-4H3. The number of hydrogen-bond acceptors (Lipinski definition) is 3. The minimum Gasteiger partial charge on any atom is -0.462 e. The van der Waals surface area contributed by atoms with Crippen molar-refractivity contribution in [1.29, 1.82) is 0 Å². The van der Waals surface area contributed by atoms with Gasteiger partial charge in [-0.25, -0.2) is 4.79 Å². The number of benzene rings is 1. The van der Waals surface area contributed by atoms with E-state index < -0.39 is 0 Å². The molecule has 0 heterocycles. The topological polar surface area (TPSA) is 35.5 Å². The van der Waals surface area contributed by atoms with Crippen molar-refractivity contribution in [3.05, 3.63) is 35.4 Å². The fourth-order valence-corrected chi connectivity index (χ4v) is 1.53. The van der Waals surface area contributed by atoms with Crippen LogP contribution in [0.25, 0.3) is 0 Å². The summed E-state index contributed by atoms with van der Waals surface area (Å²) in [4.78, 5) is 11.9. The highest BCUT2D eigenvalue weighted by atomic mass is 16.5. The van der Waals surface area contributed by atoms with Crippen LogP contribution < -0.4 is 0 Å². The molecule has 0 N–H and O–H groups in total. The molecule has 0 atom stereocenters. The van der Waals surface area contributed by atoms with Gasteiger partial charge < -0.3 is 9.47 Å². The largest absolute Gasteiger partial charge is 0.462 e. The summed E-state index contributed by atoms with van der Waals surface area (Å²) in [6.07, 6.45) is 0.852. The highest BCUT2D eigenvalue weighted by Gasteiger charge is 2.14. The zero-order valence-electron chi connectivity index (χ0n) is 11.7. The Kier molecular flexibility index (Phi) is 5.35. The maximum Gasteiger partial charge on any atom is 0.338 e. The number of carbonyl (C=O) groups excluding carboxylic acids is 1. The third-order valence-corrected chi connectivity index (χ3v) is 2.62. The maximum absolute atomic E-state index is 11.9. The molecule has 0 unspecified atom stereocenters. The van der Waals surface area contributed by atoms with Crippen molar-refractivity contribution < 1.29 is 14.3 Å². The van der Waals surface area contributed by atoms with Crippen LogP contribution in [-0.2, 0) is 16.1 Å². The van der Waals surface area contributed by atoms with E-state index in [0.29, 0.717) is 18.8 Å². The van der Waals surface area contributed by atoms with Gasteiger partial charge in [-0.2, -0.15) is 0 Å². The first-order valence-electron chi connectivity index (χ1n) is 6.18. The third kappa shape index (κ3) is 4.88. The molecule has 3 nitrogen and oxygen atoms in total. The monoisotopic (exact) mass is 250 g/mol. The van der Waals surface area contributed by atoms with Gasteiger partial charge in [-0.1, -0.05) is 39.0 Å². The Morgan fingerprint density at radius 2 is 1.89 bits per heavy atom. The summed E-state index contributed by atoms with van der Waals surface area (Å²) in [5, 5.41) is 0. The predicted molar refractivity (Wildman–Crippen MR) is 71.5 cm³/mol. The Balaban J connectivity index is 2.61. The first-order chi connectivity index (χ1) is 8.44. The fraction of sp³-hybridized carbons (Fsp3) is 0.533. The molecule has 0 fully saturated rings. The van der Waals surface area contributed by atoms with Gasteiger partial charge >= 0.3 is 5.97 Å². The molecule has 100 valence electrons. The highest BCUT2D eigenvalue weighted by molar-refractivity contribution is 5.91. The second-order valence-corrected chi connectivity index (χ2v) is 5.54. The van der Waals surface area contributed by atoms with E-state index in [-0.39, 0.29) is 11.4 Å². The molecule has 0 amide bonds. The van der Waals surface area contributed by atoms with Crippen molar-refractivity contribution in [3.8, 4) is 0 Å². The number of esters is 1. The lowest BCUT2D eigenvalue weighted by Crippen LogP contribution is -2.14. The molecule has 0 bridgehead atoms. The Bertz CT molecular complexity index is 391. The zero-order chi connectivity index (χ0) is 13.6.